The van der Waals surface area contributed by atoms with Crippen LogP contribution in [-0.4, -0.2) is 26.1 Å². The third kappa shape index (κ3) is 3.66. The number of carbonyl (C=O) groups is 1. The molecule has 0 bridgehead atoms. The summed E-state index contributed by atoms with van der Waals surface area (Å²) in [6, 6.07) is 16.4. The zero-order chi connectivity index (χ0) is 13.5. The van der Waals surface area contributed by atoms with Gasteiger partial charge in [0.15, 0.2) is 5.78 Å². The number of methoxy groups -OCH3 is 1. The number of hydrogen-bond donors (Lipinski definition) is 0. The molecule has 3 heteroatoms. The van der Waals surface area contributed by atoms with E-state index in [9.17, 15) is 4.79 Å². The van der Waals surface area contributed by atoms with Crippen LogP contribution in [0, 0.1) is 0 Å². The van der Waals surface area contributed by atoms with Gasteiger partial charge in [-0.1, -0.05) is 30.3 Å². The van der Waals surface area contributed by atoms with Crippen LogP contribution in [0.15, 0.2) is 54.6 Å². The Bertz CT molecular complexity index is 517. The van der Waals surface area contributed by atoms with Crippen molar-refractivity contribution in [3.63, 3.8) is 0 Å². The lowest BCUT2D eigenvalue weighted by Gasteiger charge is -2.06. The molecule has 2 aromatic rings. The Balaban J connectivity index is 2.04. The monoisotopic (exact) mass is 256 g/mol. The lowest BCUT2D eigenvalue weighted by atomic mass is 10.0. The van der Waals surface area contributed by atoms with Crippen LogP contribution in [0.2, 0.25) is 0 Å². The smallest absolute Gasteiger partial charge is 0.193 e. The summed E-state index contributed by atoms with van der Waals surface area (Å²) in [6.07, 6.45) is 0. The van der Waals surface area contributed by atoms with E-state index in [0.29, 0.717) is 24.3 Å². The summed E-state index contributed by atoms with van der Waals surface area (Å²) in [5.74, 6) is 0.755. The maximum Gasteiger partial charge on any atom is 0.193 e. The van der Waals surface area contributed by atoms with Crippen LogP contribution >= 0.6 is 0 Å². The van der Waals surface area contributed by atoms with Gasteiger partial charge in [-0.3, -0.25) is 4.79 Å². The summed E-state index contributed by atoms with van der Waals surface area (Å²) in [5.41, 5.74) is 1.35. The van der Waals surface area contributed by atoms with Gasteiger partial charge in [-0.25, -0.2) is 0 Å². The molecule has 0 N–H and O–H groups in total. The molecule has 0 unspecified atom stereocenters. The Kier molecular flexibility index (Phi) is 4.70. The molecule has 0 atom stereocenters. The van der Waals surface area contributed by atoms with Crippen molar-refractivity contribution < 1.29 is 14.3 Å². The fraction of sp³-hybridized carbons (Fsp3) is 0.188. The van der Waals surface area contributed by atoms with E-state index in [1.807, 2.05) is 30.3 Å². The second-order valence-electron chi connectivity index (χ2n) is 4.06. The second-order valence-corrected chi connectivity index (χ2v) is 4.06. The van der Waals surface area contributed by atoms with Crippen LogP contribution in [0.5, 0.6) is 5.75 Å². The lowest BCUT2D eigenvalue weighted by molar-refractivity contribution is 0.103. The SMILES string of the molecule is COCCOc1ccc(C(=O)c2ccccc2)cc1. The minimum atomic E-state index is 0.0176. The number of ketones is 1. The molecule has 0 heterocycles. The third-order valence-electron chi connectivity index (χ3n) is 2.71. The minimum absolute atomic E-state index is 0.0176. The Morgan fingerprint density at radius 3 is 2.16 bits per heavy atom. The van der Waals surface area contributed by atoms with Crippen molar-refractivity contribution in [2.24, 2.45) is 0 Å². The summed E-state index contributed by atoms with van der Waals surface area (Å²) in [5, 5.41) is 0. The van der Waals surface area contributed by atoms with Crippen LogP contribution in [-0.2, 0) is 4.74 Å². The first kappa shape index (κ1) is 13.3. The Hall–Kier alpha value is -2.13. The standard InChI is InChI=1S/C16H16O3/c1-18-11-12-19-15-9-7-14(8-10-15)16(17)13-5-3-2-4-6-13/h2-10H,11-12H2,1H3. The van der Waals surface area contributed by atoms with E-state index in [1.54, 1.807) is 31.4 Å². The van der Waals surface area contributed by atoms with Crippen molar-refractivity contribution in [2.75, 3.05) is 20.3 Å². The topological polar surface area (TPSA) is 35.5 Å². The molecule has 3 nitrogen and oxygen atoms in total. The molecule has 2 rings (SSSR count). The molecular weight excluding hydrogens is 240 g/mol. The van der Waals surface area contributed by atoms with Crippen LogP contribution < -0.4 is 4.74 Å². The zero-order valence-corrected chi connectivity index (χ0v) is 10.8. The maximum atomic E-state index is 12.2. The van der Waals surface area contributed by atoms with E-state index < -0.39 is 0 Å². The van der Waals surface area contributed by atoms with Gasteiger partial charge in [-0.15, -0.1) is 0 Å². The third-order valence-corrected chi connectivity index (χ3v) is 2.71. The molecule has 0 aliphatic carbocycles. The van der Waals surface area contributed by atoms with Crippen molar-refractivity contribution in [3.05, 3.63) is 65.7 Å². The Morgan fingerprint density at radius 2 is 1.53 bits per heavy atom. The number of carbonyl (C=O) groups excluding carboxylic acids is 1. The Morgan fingerprint density at radius 1 is 0.895 bits per heavy atom. The van der Waals surface area contributed by atoms with Gasteiger partial charge in [0.25, 0.3) is 0 Å². The lowest BCUT2D eigenvalue weighted by Crippen LogP contribution is -2.05. The van der Waals surface area contributed by atoms with E-state index in [1.165, 1.54) is 0 Å². The zero-order valence-electron chi connectivity index (χ0n) is 10.8. The largest absolute Gasteiger partial charge is 0.491 e. The first-order valence-electron chi connectivity index (χ1n) is 6.13. The van der Waals surface area contributed by atoms with Crippen LogP contribution in [0.1, 0.15) is 15.9 Å². The van der Waals surface area contributed by atoms with Gasteiger partial charge < -0.3 is 9.47 Å². The van der Waals surface area contributed by atoms with Gasteiger partial charge in [-0.05, 0) is 24.3 Å². The fourth-order valence-corrected chi connectivity index (χ4v) is 1.70. The molecule has 19 heavy (non-hydrogen) atoms. The summed E-state index contributed by atoms with van der Waals surface area (Å²) in [6.45, 7) is 1.05. The molecule has 0 radical (unpaired) electrons. The first-order valence-corrected chi connectivity index (χ1v) is 6.13. The molecule has 2 aromatic carbocycles. The van der Waals surface area contributed by atoms with E-state index in [-0.39, 0.29) is 5.78 Å². The maximum absolute atomic E-state index is 12.2. The summed E-state index contributed by atoms with van der Waals surface area (Å²) in [7, 11) is 1.63. The average Bonchev–Trinajstić information content (AvgIpc) is 2.48. The van der Waals surface area contributed by atoms with Crippen molar-refractivity contribution in [2.45, 2.75) is 0 Å². The van der Waals surface area contributed by atoms with Crippen molar-refractivity contribution in [3.8, 4) is 5.75 Å². The summed E-state index contributed by atoms with van der Waals surface area (Å²) in [4.78, 5) is 12.2. The van der Waals surface area contributed by atoms with Crippen LogP contribution in [0.3, 0.4) is 0 Å². The Labute approximate surface area is 112 Å². The molecule has 0 aliphatic heterocycles. The van der Waals surface area contributed by atoms with Gasteiger partial charge in [0.1, 0.15) is 12.4 Å². The van der Waals surface area contributed by atoms with Crippen LogP contribution in [0.4, 0.5) is 0 Å². The highest BCUT2D eigenvalue weighted by molar-refractivity contribution is 6.08. The molecule has 98 valence electrons. The highest BCUT2D eigenvalue weighted by Gasteiger charge is 2.08. The predicted molar refractivity (Wildman–Crippen MR) is 73.7 cm³/mol. The van der Waals surface area contributed by atoms with Gasteiger partial charge in [0, 0.05) is 18.2 Å². The molecule has 0 spiro atoms. The van der Waals surface area contributed by atoms with E-state index in [4.69, 9.17) is 9.47 Å². The van der Waals surface area contributed by atoms with Gasteiger partial charge >= 0.3 is 0 Å². The summed E-state index contributed by atoms with van der Waals surface area (Å²) < 4.78 is 10.4. The molecule has 0 aromatic heterocycles. The molecule has 0 saturated heterocycles. The van der Waals surface area contributed by atoms with E-state index in [2.05, 4.69) is 0 Å². The van der Waals surface area contributed by atoms with E-state index in [0.717, 1.165) is 5.75 Å². The first-order chi connectivity index (χ1) is 9.31. The van der Waals surface area contributed by atoms with E-state index >= 15 is 0 Å². The highest BCUT2D eigenvalue weighted by Crippen LogP contribution is 2.15. The predicted octanol–water partition coefficient (Wildman–Crippen LogP) is 2.94. The number of ether oxygens (including phenoxy) is 2. The summed E-state index contributed by atoms with van der Waals surface area (Å²) >= 11 is 0. The highest BCUT2D eigenvalue weighted by atomic mass is 16.5. The molecule has 0 aliphatic rings. The van der Waals surface area contributed by atoms with Crippen LogP contribution in [0.25, 0.3) is 0 Å². The molecule has 0 saturated carbocycles. The van der Waals surface area contributed by atoms with Crippen molar-refractivity contribution >= 4 is 5.78 Å². The number of hydrogen-bond acceptors (Lipinski definition) is 3. The van der Waals surface area contributed by atoms with Gasteiger partial charge in [0.2, 0.25) is 0 Å². The quantitative estimate of drug-likeness (QED) is 0.589. The molecular formula is C16H16O3. The van der Waals surface area contributed by atoms with Gasteiger partial charge in [-0.2, -0.15) is 0 Å². The van der Waals surface area contributed by atoms with Gasteiger partial charge in [0.05, 0.1) is 6.61 Å². The number of rotatable bonds is 6. The molecule has 0 fully saturated rings. The second kappa shape index (κ2) is 6.71. The fourth-order valence-electron chi connectivity index (χ4n) is 1.70. The molecule has 0 amide bonds. The number of benzene rings is 2. The minimum Gasteiger partial charge on any atom is -0.491 e. The van der Waals surface area contributed by atoms with Crippen molar-refractivity contribution in [1.29, 1.82) is 0 Å². The average molecular weight is 256 g/mol. The van der Waals surface area contributed by atoms with Crippen molar-refractivity contribution in [1.82, 2.24) is 0 Å². The normalized spacial score (nSPS) is 10.2.